The predicted molar refractivity (Wildman–Crippen MR) is 70.2 cm³/mol. The molecule has 3 aliphatic rings. The molecule has 0 saturated heterocycles. The Morgan fingerprint density at radius 3 is 3.11 bits per heavy atom. The smallest absolute Gasteiger partial charge is 0.248 e. The average molecular weight is 241 g/mol. The van der Waals surface area contributed by atoms with E-state index in [1.54, 1.807) is 0 Å². The summed E-state index contributed by atoms with van der Waals surface area (Å²) in [6.45, 7) is 0. The predicted octanol–water partition coefficient (Wildman–Crippen LogP) is 0.626. The van der Waals surface area contributed by atoms with Crippen molar-refractivity contribution in [3.05, 3.63) is 59.5 Å². The monoisotopic (exact) mass is 241 g/mol. The summed E-state index contributed by atoms with van der Waals surface area (Å²) in [6, 6.07) is 0.346. The molecule has 0 saturated carbocycles. The van der Waals surface area contributed by atoms with Crippen molar-refractivity contribution in [3.8, 4) is 0 Å². The van der Waals surface area contributed by atoms with Crippen molar-refractivity contribution in [1.29, 1.82) is 0 Å². The summed E-state index contributed by atoms with van der Waals surface area (Å²) >= 11 is 0. The lowest BCUT2D eigenvalue weighted by Gasteiger charge is -2.25. The Hall–Kier alpha value is -2.23. The van der Waals surface area contributed by atoms with Gasteiger partial charge in [-0.3, -0.25) is 4.79 Å². The van der Waals surface area contributed by atoms with Crippen LogP contribution >= 0.6 is 0 Å². The molecule has 0 radical (unpaired) electrons. The van der Waals surface area contributed by atoms with Gasteiger partial charge in [-0.05, 0) is 18.1 Å². The lowest BCUT2D eigenvalue weighted by molar-refractivity contribution is -0.114. The SMILES string of the molecule is NC(=O)C1=CCC2NC=C3C=CC=CC3NC2=C1. The van der Waals surface area contributed by atoms with Crippen LogP contribution in [0.25, 0.3) is 0 Å². The zero-order valence-corrected chi connectivity index (χ0v) is 9.89. The number of rotatable bonds is 1. The highest BCUT2D eigenvalue weighted by Crippen LogP contribution is 2.22. The summed E-state index contributed by atoms with van der Waals surface area (Å²) in [4.78, 5) is 11.2. The number of hydrogen-bond donors (Lipinski definition) is 3. The number of carbonyl (C=O) groups excluding carboxylic acids is 1. The Morgan fingerprint density at radius 1 is 1.39 bits per heavy atom. The van der Waals surface area contributed by atoms with E-state index in [1.165, 1.54) is 5.57 Å². The number of nitrogens with one attached hydrogen (secondary N) is 2. The van der Waals surface area contributed by atoms with Gasteiger partial charge in [-0.25, -0.2) is 0 Å². The Labute approximate surface area is 106 Å². The first-order chi connectivity index (χ1) is 8.74. The molecule has 2 aliphatic carbocycles. The minimum atomic E-state index is -0.376. The van der Waals surface area contributed by atoms with Crippen molar-refractivity contribution in [2.24, 2.45) is 5.73 Å². The molecule has 0 spiro atoms. The van der Waals surface area contributed by atoms with E-state index in [-0.39, 0.29) is 18.0 Å². The number of allylic oxidation sites excluding steroid dienone is 2. The van der Waals surface area contributed by atoms with Gasteiger partial charge in [0.25, 0.3) is 0 Å². The molecule has 4 heteroatoms. The van der Waals surface area contributed by atoms with Gasteiger partial charge in [0.05, 0.1) is 12.1 Å². The van der Waals surface area contributed by atoms with E-state index >= 15 is 0 Å². The molecule has 0 fully saturated rings. The second-order valence-electron chi connectivity index (χ2n) is 4.59. The number of amides is 1. The Bertz CT molecular complexity index is 537. The highest BCUT2D eigenvalue weighted by molar-refractivity contribution is 5.95. The van der Waals surface area contributed by atoms with Crippen molar-refractivity contribution < 1.29 is 4.79 Å². The molecular formula is C14H15N3O. The van der Waals surface area contributed by atoms with Crippen molar-refractivity contribution >= 4 is 5.91 Å². The third-order valence-electron chi connectivity index (χ3n) is 3.38. The van der Waals surface area contributed by atoms with Gasteiger partial charge in [0, 0.05) is 17.5 Å². The third kappa shape index (κ3) is 1.86. The van der Waals surface area contributed by atoms with Crippen molar-refractivity contribution in [3.63, 3.8) is 0 Å². The maximum atomic E-state index is 11.2. The fourth-order valence-electron chi connectivity index (χ4n) is 2.37. The van der Waals surface area contributed by atoms with Crippen molar-refractivity contribution in [2.45, 2.75) is 18.5 Å². The number of primary amides is 1. The first-order valence-corrected chi connectivity index (χ1v) is 6.03. The minimum absolute atomic E-state index is 0.158. The summed E-state index contributed by atoms with van der Waals surface area (Å²) in [5.74, 6) is -0.376. The van der Waals surface area contributed by atoms with Crippen LogP contribution in [0, 0.1) is 0 Å². The molecule has 18 heavy (non-hydrogen) atoms. The van der Waals surface area contributed by atoms with Crippen molar-refractivity contribution in [1.82, 2.24) is 10.6 Å². The molecule has 2 atom stereocenters. The molecule has 92 valence electrons. The number of nitrogens with two attached hydrogens (primary N) is 1. The van der Waals surface area contributed by atoms with Gasteiger partial charge in [-0.1, -0.05) is 30.4 Å². The quantitative estimate of drug-likeness (QED) is 0.630. The highest BCUT2D eigenvalue weighted by atomic mass is 16.1. The summed E-state index contributed by atoms with van der Waals surface area (Å²) in [5, 5.41) is 6.82. The van der Waals surface area contributed by atoms with Crippen LogP contribution in [0.5, 0.6) is 0 Å². The summed E-state index contributed by atoms with van der Waals surface area (Å²) in [7, 11) is 0. The van der Waals surface area contributed by atoms with Gasteiger partial charge in [0.15, 0.2) is 0 Å². The first kappa shape index (κ1) is 10.9. The van der Waals surface area contributed by atoms with Gasteiger partial charge in [0.1, 0.15) is 0 Å². The van der Waals surface area contributed by atoms with Crippen LogP contribution in [0.1, 0.15) is 6.42 Å². The van der Waals surface area contributed by atoms with E-state index in [2.05, 4.69) is 22.8 Å². The van der Waals surface area contributed by atoms with E-state index < -0.39 is 0 Å². The second-order valence-corrected chi connectivity index (χ2v) is 4.59. The van der Waals surface area contributed by atoms with Gasteiger partial charge in [-0.2, -0.15) is 0 Å². The number of fused-ring (bicyclic) bond motifs is 2. The Morgan fingerprint density at radius 2 is 2.28 bits per heavy atom. The van der Waals surface area contributed by atoms with E-state index in [0.717, 1.165) is 12.1 Å². The molecule has 3 rings (SSSR count). The number of carbonyl (C=O) groups is 1. The molecule has 0 aromatic heterocycles. The maximum Gasteiger partial charge on any atom is 0.248 e. The van der Waals surface area contributed by atoms with Crippen LogP contribution in [0.4, 0.5) is 0 Å². The minimum Gasteiger partial charge on any atom is -0.382 e. The van der Waals surface area contributed by atoms with Crippen LogP contribution in [-0.2, 0) is 4.79 Å². The fraction of sp³-hybridized carbons (Fsp3) is 0.214. The standard InChI is InChI=1S/C14H15N3O/c15-14(18)9-5-6-12-13(7-9)17-11-4-2-1-3-10(11)8-16-12/h1-5,7-8,11-12,16-17H,6H2,(H2,15,18). The van der Waals surface area contributed by atoms with Crippen LogP contribution in [-0.4, -0.2) is 18.0 Å². The van der Waals surface area contributed by atoms with Crippen LogP contribution in [0.15, 0.2) is 59.5 Å². The lowest BCUT2D eigenvalue weighted by atomic mass is 9.98. The van der Waals surface area contributed by atoms with Gasteiger partial charge in [0.2, 0.25) is 5.91 Å². The Balaban J connectivity index is 1.90. The molecule has 0 bridgehead atoms. The molecule has 1 heterocycles. The summed E-state index contributed by atoms with van der Waals surface area (Å²) in [6.07, 6.45) is 14.7. The largest absolute Gasteiger partial charge is 0.382 e. The molecule has 2 unspecified atom stereocenters. The summed E-state index contributed by atoms with van der Waals surface area (Å²) < 4.78 is 0. The molecule has 0 aromatic carbocycles. The molecule has 4 N–H and O–H groups in total. The molecule has 4 nitrogen and oxygen atoms in total. The zero-order valence-electron chi connectivity index (χ0n) is 9.89. The molecule has 0 aromatic rings. The van der Waals surface area contributed by atoms with E-state index in [9.17, 15) is 4.79 Å². The van der Waals surface area contributed by atoms with Gasteiger partial charge < -0.3 is 16.4 Å². The fourth-order valence-corrected chi connectivity index (χ4v) is 2.37. The Kier molecular flexibility index (Phi) is 2.55. The van der Waals surface area contributed by atoms with Gasteiger partial charge >= 0.3 is 0 Å². The van der Waals surface area contributed by atoms with Crippen LogP contribution in [0.2, 0.25) is 0 Å². The molecule has 1 amide bonds. The normalized spacial score (nSPS) is 28.6. The molecular weight excluding hydrogens is 226 g/mol. The van der Waals surface area contributed by atoms with E-state index in [1.807, 2.05) is 30.5 Å². The first-order valence-electron chi connectivity index (χ1n) is 6.03. The lowest BCUT2D eigenvalue weighted by Crippen LogP contribution is -2.37. The zero-order chi connectivity index (χ0) is 12.5. The topological polar surface area (TPSA) is 67.2 Å². The average Bonchev–Trinajstić information content (AvgIpc) is 2.56. The molecule has 1 aliphatic heterocycles. The highest BCUT2D eigenvalue weighted by Gasteiger charge is 2.24. The second kappa shape index (κ2) is 4.22. The van der Waals surface area contributed by atoms with Crippen LogP contribution in [0.3, 0.4) is 0 Å². The number of hydrogen-bond acceptors (Lipinski definition) is 3. The summed E-state index contributed by atoms with van der Waals surface area (Å²) in [5.41, 5.74) is 8.10. The maximum absolute atomic E-state index is 11.2. The van der Waals surface area contributed by atoms with E-state index in [0.29, 0.717) is 5.57 Å². The van der Waals surface area contributed by atoms with Crippen LogP contribution < -0.4 is 16.4 Å². The van der Waals surface area contributed by atoms with E-state index in [4.69, 9.17) is 5.73 Å². The third-order valence-corrected chi connectivity index (χ3v) is 3.38. The van der Waals surface area contributed by atoms with Crippen molar-refractivity contribution in [2.75, 3.05) is 0 Å². The van der Waals surface area contributed by atoms with Gasteiger partial charge in [-0.15, -0.1) is 0 Å².